The third-order valence-corrected chi connectivity index (χ3v) is 14.4. The van der Waals surface area contributed by atoms with Crippen molar-refractivity contribution in [2.24, 2.45) is 23.2 Å². The van der Waals surface area contributed by atoms with Gasteiger partial charge in [0.05, 0.1) is 23.7 Å². The highest BCUT2D eigenvalue weighted by molar-refractivity contribution is 6.13. The van der Waals surface area contributed by atoms with Crippen LogP contribution in [0, 0.1) is 23.2 Å². The number of rotatable bonds is 23. The van der Waals surface area contributed by atoms with Crippen LogP contribution >= 0.6 is 0 Å². The van der Waals surface area contributed by atoms with Crippen LogP contribution in [0.2, 0.25) is 0 Å². The van der Waals surface area contributed by atoms with Crippen LogP contribution in [0.5, 0.6) is 0 Å². The molecule has 4 amide bonds. The second-order valence-electron chi connectivity index (χ2n) is 19.7. The number of allylic oxidation sites excluding steroid dienone is 4. The van der Waals surface area contributed by atoms with Crippen LogP contribution in [0.25, 0.3) is 0 Å². The highest BCUT2D eigenvalue weighted by atomic mass is 16.5. The number of carbonyl (C=O) groups is 4. The molecule has 7 atom stereocenters. The van der Waals surface area contributed by atoms with Crippen LogP contribution in [0.3, 0.4) is 0 Å². The zero-order valence-electron chi connectivity index (χ0n) is 38.0. The first-order valence-corrected chi connectivity index (χ1v) is 23.0. The van der Waals surface area contributed by atoms with Gasteiger partial charge in [-0.1, -0.05) is 70.4 Å². The normalized spacial score (nSPS) is 27.5. The van der Waals surface area contributed by atoms with Gasteiger partial charge in [0, 0.05) is 50.4 Å². The zero-order valence-corrected chi connectivity index (χ0v) is 38.0. The first kappa shape index (κ1) is 48.6. The molecule has 0 spiro atoms. The lowest BCUT2D eigenvalue weighted by molar-refractivity contribution is -0.137. The minimum atomic E-state index is -0.641. The van der Waals surface area contributed by atoms with E-state index in [1.807, 2.05) is 41.5 Å². The number of nitrogens with one attached hydrogen (secondary N) is 2. The summed E-state index contributed by atoms with van der Waals surface area (Å²) in [4.78, 5) is 50.4. The number of ether oxygens (including phenoxy) is 2. The predicted octanol–water partition coefficient (Wildman–Crippen LogP) is 8.83. The molecule has 3 saturated carbocycles. The summed E-state index contributed by atoms with van der Waals surface area (Å²) in [6.07, 6.45) is 22.6. The number of fused-ring (bicyclic) bond motifs is 1. The van der Waals surface area contributed by atoms with Crippen LogP contribution < -0.4 is 10.6 Å². The number of hydrogen-bond donors (Lipinski definition) is 3. The Bertz CT molecular complexity index is 1560. The van der Waals surface area contributed by atoms with Crippen molar-refractivity contribution in [3.05, 3.63) is 47.6 Å². The fourth-order valence-electron chi connectivity index (χ4n) is 10.1. The Labute approximate surface area is 356 Å². The van der Waals surface area contributed by atoms with Gasteiger partial charge in [0.1, 0.15) is 0 Å². The summed E-state index contributed by atoms with van der Waals surface area (Å²) in [5.74, 6) is 1.02. The van der Waals surface area contributed by atoms with Gasteiger partial charge in [-0.05, 0) is 140 Å². The second kappa shape index (κ2) is 21.6. The minimum Gasteiger partial charge on any atom is -0.390 e. The summed E-state index contributed by atoms with van der Waals surface area (Å²) in [5.41, 5.74) is 2.78. The Balaban J connectivity index is 1.16. The molecule has 0 aromatic rings. The largest absolute Gasteiger partial charge is 0.390 e. The Morgan fingerprint density at radius 1 is 1.00 bits per heavy atom. The third-order valence-electron chi connectivity index (χ3n) is 14.4. The lowest BCUT2D eigenvalue weighted by Gasteiger charge is -2.44. The summed E-state index contributed by atoms with van der Waals surface area (Å²) in [7, 11) is 0. The van der Waals surface area contributed by atoms with E-state index in [0.717, 1.165) is 49.3 Å². The molecule has 3 aliphatic carbocycles. The molecule has 10 heteroatoms. The van der Waals surface area contributed by atoms with E-state index in [4.69, 9.17) is 9.47 Å². The van der Waals surface area contributed by atoms with Gasteiger partial charge in [0.25, 0.3) is 11.8 Å². The van der Waals surface area contributed by atoms with E-state index in [9.17, 15) is 24.3 Å². The molecule has 4 aliphatic rings. The van der Waals surface area contributed by atoms with Crippen LogP contribution in [0.15, 0.2) is 47.6 Å². The SMILES string of the molecule is C=C1CC[C@H](OCCCNC(=O)CC(C)(CC)OCCC(C)(CC)NC(=O)CCN2C(=O)C=CC2=O)C/C1=C/C=C1\CCC[C@]2(C)C([C@H](C)CCCC(C)(C)O)CC[C@@H]12. The van der Waals surface area contributed by atoms with Crippen LogP contribution in [0.1, 0.15) is 165 Å². The Morgan fingerprint density at radius 3 is 2.41 bits per heavy atom. The van der Waals surface area contributed by atoms with Gasteiger partial charge in [-0.15, -0.1) is 0 Å². The summed E-state index contributed by atoms with van der Waals surface area (Å²) < 4.78 is 12.6. The summed E-state index contributed by atoms with van der Waals surface area (Å²) in [5, 5.41) is 16.3. The van der Waals surface area contributed by atoms with Gasteiger partial charge in [-0.3, -0.25) is 24.1 Å². The number of carbonyl (C=O) groups excluding carboxylic acids is 4. The average Bonchev–Trinajstić information content (AvgIpc) is 3.70. The molecule has 3 unspecified atom stereocenters. The second-order valence-corrected chi connectivity index (χ2v) is 19.7. The first-order valence-electron chi connectivity index (χ1n) is 23.0. The van der Waals surface area contributed by atoms with Crippen LogP contribution in [-0.4, -0.2) is 82.8 Å². The van der Waals surface area contributed by atoms with Crippen molar-refractivity contribution in [1.29, 1.82) is 0 Å². The smallest absolute Gasteiger partial charge is 0.253 e. The van der Waals surface area contributed by atoms with Gasteiger partial charge in [0.2, 0.25) is 11.8 Å². The number of hydrogen-bond acceptors (Lipinski definition) is 7. The standard InChI is InChI=1S/C49H79N3O7/c1-10-47(7,51-42(53)25-30-52-44(55)23-24-45(52)56)28-32-59-48(8,11-2)34-43(54)50-29-14-31-58-39-20-17-35(3)38(33-39)19-18-37-16-13-27-49(9)40(21-22-41(37)49)36(4)15-12-26-46(5,6)57/h18-19,23-24,36,39-41,57H,3,10-17,20-22,25-34H2,1-2,4-9H3,(H,50,54)(H,51,53)/b37-18+,38-19-/t36-,39+,40?,41+,47?,48?,49-/m1/s1. The maximum Gasteiger partial charge on any atom is 0.253 e. The summed E-state index contributed by atoms with van der Waals surface area (Å²) in [6.45, 7) is 22.7. The van der Waals surface area contributed by atoms with Crippen molar-refractivity contribution in [1.82, 2.24) is 15.5 Å². The summed E-state index contributed by atoms with van der Waals surface area (Å²) in [6, 6.07) is 0. The topological polar surface area (TPSA) is 134 Å². The van der Waals surface area contributed by atoms with Gasteiger partial charge in [-0.2, -0.15) is 0 Å². The molecule has 332 valence electrons. The Morgan fingerprint density at radius 2 is 1.73 bits per heavy atom. The van der Waals surface area contributed by atoms with Crippen molar-refractivity contribution in [3.8, 4) is 0 Å². The quantitative estimate of drug-likeness (QED) is 0.0693. The Kier molecular flexibility index (Phi) is 17.8. The monoisotopic (exact) mass is 822 g/mol. The molecule has 4 rings (SSSR count). The van der Waals surface area contributed by atoms with Crippen molar-refractivity contribution in [2.45, 2.75) is 187 Å². The van der Waals surface area contributed by atoms with Crippen molar-refractivity contribution >= 4 is 23.6 Å². The van der Waals surface area contributed by atoms with E-state index in [2.05, 4.69) is 43.2 Å². The summed E-state index contributed by atoms with van der Waals surface area (Å²) >= 11 is 0. The molecule has 3 N–H and O–H groups in total. The Hall–Kier alpha value is -3.08. The molecule has 0 bridgehead atoms. The molecule has 0 saturated heterocycles. The molecule has 0 radical (unpaired) electrons. The minimum absolute atomic E-state index is 0.0360. The highest BCUT2D eigenvalue weighted by Crippen LogP contribution is 2.60. The lowest BCUT2D eigenvalue weighted by atomic mass is 9.60. The van der Waals surface area contributed by atoms with Gasteiger partial charge in [-0.25, -0.2) is 0 Å². The fourth-order valence-corrected chi connectivity index (χ4v) is 10.1. The van der Waals surface area contributed by atoms with Crippen LogP contribution in [-0.2, 0) is 28.7 Å². The number of amides is 4. The van der Waals surface area contributed by atoms with E-state index in [-0.39, 0.29) is 37.3 Å². The molecule has 3 fully saturated rings. The van der Waals surface area contributed by atoms with Crippen molar-refractivity contribution in [2.75, 3.05) is 26.3 Å². The van der Waals surface area contributed by atoms with Gasteiger partial charge < -0.3 is 25.2 Å². The van der Waals surface area contributed by atoms with Gasteiger partial charge in [0.15, 0.2) is 0 Å². The van der Waals surface area contributed by atoms with E-state index in [0.29, 0.717) is 56.3 Å². The molecule has 1 heterocycles. The average molecular weight is 822 g/mol. The maximum absolute atomic E-state index is 13.0. The highest BCUT2D eigenvalue weighted by Gasteiger charge is 2.50. The number of nitrogens with zero attached hydrogens (tertiary/aromatic N) is 1. The molecular formula is C49H79N3O7. The molecule has 1 aliphatic heterocycles. The number of aliphatic hydroxyl groups is 1. The van der Waals surface area contributed by atoms with Crippen molar-refractivity contribution in [3.63, 3.8) is 0 Å². The third kappa shape index (κ3) is 14.2. The molecule has 59 heavy (non-hydrogen) atoms. The molecule has 10 nitrogen and oxygen atoms in total. The van der Waals surface area contributed by atoms with E-state index < -0.39 is 28.6 Å². The predicted molar refractivity (Wildman–Crippen MR) is 235 cm³/mol. The molecule has 0 aromatic heterocycles. The zero-order chi connectivity index (χ0) is 43.4. The lowest BCUT2D eigenvalue weighted by Crippen LogP contribution is -2.48. The number of imide groups is 1. The van der Waals surface area contributed by atoms with E-state index >= 15 is 0 Å². The van der Waals surface area contributed by atoms with E-state index in [1.165, 1.54) is 61.8 Å². The maximum atomic E-state index is 13.0. The van der Waals surface area contributed by atoms with Gasteiger partial charge >= 0.3 is 0 Å². The van der Waals surface area contributed by atoms with Crippen LogP contribution in [0.4, 0.5) is 0 Å². The first-order chi connectivity index (χ1) is 27.8. The van der Waals surface area contributed by atoms with Crippen molar-refractivity contribution < 1.29 is 33.8 Å². The molecule has 0 aromatic carbocycles. The fraction of sp³-hybridized carbons (Fsp3) is 0.755. The van der Waals surface area contributed by atoms with E-state index in [1.54, 1.807) is 5.57 Å². The molecular weight excluding hydrogens is 743 g/mol.